The summed E-state index contributed by atoms with van der Waals surface area (Å²) >= 11 is 0. The van der Waals surface area contributed by atoms with Crippen LogP contribution in [0.4, 0.5) is 15.8 Å². The number of ether oxygens (including phenoxy) is 1. The van der Waals surface area contributed by atoms with Gasteiger partial charge in [0.05, 0.1) is 5.69 Å². The smallest absolute Gasteiger partial charge is 0.265 e. The second kappa shape index (κ2) is 6.93. The third-order valence-electron chi connectivity index (χ3n) is 3.26. The molecule has 0 fully saturated rings. The van der Waals surface area contributed by atoms with Gasteiger partial charge >= 0.3 is 0 Å². The summed E-state index contributed by atoms with van der Waals surface area (Å²) in [6.07, 6.45) is 0.179. The Morgan fingerprint density at radius 3 is 2.59 bits per heavy atom. The molecule has 0 aliphatic carbocycles. The summed E-state index contributed by atoms with van der Waals surface area (Å²) in [7, 11) is 0. The van der Waals surface area contributed by atoms with Crippen LogP contribution in [0.3, 0.4) is 0 Å². The molecular weight excluding hydrogens is 283 g/mol. The highest BCUT2D eigenvalue weighted by molar-refractivity contribution is 5.94. The molecule has 0 aliphatic heterocycles. The number of halogens is 1. The number of benzene rings is 2. The predicted molar refractivity (Wildman–Crippen MR) is 85.4 cm³/mol. The fourth-order valence-corrected chi connectivity index (χ4v) is 1.93. The van der Waals surface area contributed by atoms with Crippen molar-refractivity contribution in [3.8, 4) is 5.75 Å². The Morgan fingerprint density at radius 1 is 1.27 bits per heavy atom. The molecule has 0 saturated carbocycles. The van der Waals surface area contributed by atoms with Crippen molar-refractivity contribution in [1.82, 2.24) is 0 Å². The Hall–Kier alpha value is -2.56. The first kappa shape index (κ1) is 15.8. The number of nitrogens with two attached hydrogens (primary N) is 1. The predicted octanol–water partition coefficient (Wildman–Crippen LogP) is 3.38. The summed E-state index contributed by atoms with van der Waals surface area (Å²) in [5.74, 6) is -0.390. The van der Waals surface area contributed by atoms with Crippen LogP contribution in [-0.2, 0) is 11.2 Å². The zero-order valence-electron chi connectivity index (χ0n) is 12.6. The molecule has 1 unspecified atom stereocenters. The molecule has 4 nitrogen and oxygen atoms in total. The molecule has 0 aromatic heterocycles. The van der Waals surface area contributed by atoms with E-state index >= 15 is 0 Å². The molecule has 0 aliphatic rings. The molecule has 116 valence electrons. The number of carbonyl (C=O) groups is 1. The van der Waals surface area contributed by atoms with Crippen molar-refractivity contribution in [3.63, 3.8) is 0 Å². The van der Waals surface area contributed by atoms with Crippen molar-refractivity contribution in [1.29, 1.82) is 0 Å². The van der Waals surface area contributed by atoms with Crippen molar-refractivity contribution < 1.29 is 13.9 Å². The lowest BCUT2D eigenvalue weighted by atomic mass is 10.2. The second-order valence-electron chi connectivity index (χ2n) is 4.99. The van der Waals surface area contributed by atoms with Crippen molar-refractivity contribution >= 4 is 17.3 Å². The first-order valence-corrected chi connectivity index (χ1v) is 7.11. The number of amides is 1. The molecule has 3 N–H and O–H groups in total. The van der Waals surface area contributed by atoms with E-state index in [-0.39, 0.29) is 5.69 Å². The molecule has 2 aromatic carbocycles. The summed E-state index contributed by atoms with van der Waals surface area (Å²) in [4.78, 5) is 12.1. The van der Waals surface area contributed by atoms with Gasteiger partial charge < -0.3 is 15.8 Å². The molecule has 2 rings (SSSR count). The highest BCUT2D eigenvalue weighted by Gasteiger charge is 2.16. The van der Waals surface area contributed by atoms with Gasteiger partial charge in [-0.25, -0.2) is 4.39 Å². The SMILES string of the molecule is CCc1ccc(OC(C)C(=O)Nc2cc(N)ccc2F)cc1. The van der Waals surface area contributed by atoms with Crippen LogP contribution in [0.25, 0.3) is 0 Å². The van der Waals surface area contributed by atoms with Gasteiger partial charge in [-0.15, -0.1) is 0 Å². The highest BCUT2D eigenvalue weighted by atomic mass is 19.1. The third-order valence-corrected chi connectivity index (χ3v) is 3.26. The molecule has 1 atom stereocenters. The van der Waals surface area contributed by atoms with Gasteiger partial charge in [0.25, 0.3) is 5.91 Å². The summed E-state index contributed by atoms with van der Waals surface area (Å²) in [6, 6.07) is 11.5. The number of anilines is 2. The van der Waals surface area contributed by atoms with Gasteiger partial charge in [0, 0.05) is 5.69 Å². The Balaban J connectivity index is 2.00. The lowest BCUT2D eigenvalue weighted by Gasteiger charge is -2.15. The third kappa shape index (κ3) is 3.97. The Morgan fingerprint density at radius 2 is 1.95 bits per heavy atom. The molecule has 2 aromatic rings. The van der Waals surface area contributed by atoms with Gasteiger partial charge in [0.15, 0.2) is 6.10 Å². The van der Waals surface area contributed by atoms with Crippen molar-refractivity contribution in [2.24, 2.45) is 0 Å². The minimum absolute atomic E-state index is 0.0433. The van der Waals surface area contributed by atoms with Gasteiger partial charge in [0.1, 0.15) is 11.6 Å². The van der Waals surface area contributed by atoms with E-state index in [1.807, 2.05) is 24.3 Å². The number of hydrogen-bond acceptors (Lipinski definition) is 3. The van der Waals surface area contributed by atoms with E-state index < -0.39 is 17.8 Å². The number of carbonyl (C=O) groups excluding carboxylic acids is 1. The number of rotatable bonds is 5. The van der Waals surface area contributed by atoms with Crippen LogP contribution in [-0.4, -0.2) is 12.0 Å². The normalized spacial score (nSPS) is 11.8. The monoisotopic (exact) mass is 302 g/mol. The Labute approximate surface area is 129 Å². The topological polar surface area (TPSA) is 64.3 Å². The fraction of sp³-hybridized carbons (Fsp3) is 0.235. The van der Waals surface area contributed by atoms with Crippen LogP contribution < -0.4 is 15.8 Å². The lowest BCUT2D eigenvalue weighted by molar-refractivity contribution is -0.122. The van der Waals surface area contributed by atoms with Crippen molar-refractivity contribution in [2.45, 2.75) is 26.4 Å². The minimum atomic E-state index is -0.756. The number of aryl methyl sites for hydroxylation is 1. The quantitative estimate of drug-likeness (QED) is 0.832. The number of hydrogen-bond donors (Lipinski definition) is 2. The number of nitrogen functional groups attached to an aromatic ring is 1. The standard InChI is InChI=1S/C17H19FN2O2/c1-3-12-4-7-14(8-5-12)22-11(2)17(21)20-16-10-13(19)6-9-15(16)18/h4-11H,3,19H2,1-2H3,(H,20,21). The van der Waals surface area contributed by atoms with E-state index in [0.717, 1.165) is 6.42 Å². The summed E-state index contributed by atoms with van der Waals surface area (Å²) in [5, 5.41) is 2.47. The summed E-state index contributed by atoms with van der Waals surface area (Å²) in [5.41, 5.74) is 7.19. The van der Waals surface area contributed by atoms with Crippen LogP contribution in [0.5, 0.6) is 5.75 Å². The first-order chi connectivity index (χ1) is 10.5. The summed E-state index contributed by atoms with van der Waals surface area (Å²) < 4.78 is 19.1. The van der Waals surface area contributed by atoms with Gasteiger partial charge in [0.2, 0.25) is 0 Å². The zero-order valence-corrected chi connectivity index (χ0v) is 12.6. The van der Waals surface area contributed by atoms with Crippen LogP contribution >= 0.6 is 0 Å². The van der Waals surface area contributed by atoms with E-state index in [0.29, 0.717) is 11.4 Å². The molecular formula is C17H19FN2O2. The molecule has 22 heavy (non-hydrogen) atoms. The Bertz CT molecular complexity index is 656. The molecule has 1 amide bonds. The molecule has 0 saturated heterocycles. The van der Waals surface area contributed by atoms with Crippen molar-refractivity contribution in [2.75, 3.05) is 11.1 Å². The van der Waals surface area contributed by atoms with E-state index in [9.17, 15) is 9.18 Å². The van der Waals surface area contributed by atoms with E-state index in [2.05, 4.69) is 12.2 Å². The largest absolute Gasteiger partial charge is 0.481 e. The molecule has 0 radical (unpaired) electrons. The minimum Gasteiger partial charge on any atom is -0.481 e. The fourth-order valence-electron chi connectivity index (χ4n) is 1.93. The van der Waals surface area contributed by atoms with Crippen LogP contribution in [0.1, 0.15) is 19.4 Å². The average molecular weight is 302 g/mol. The van der Waals surface area contributed by atoms with Crippen LogP contribution in [0, 0.1) is 5.82 Å². The Kier molecular flexibility index (Phi) is 4.99. The van der Waals surface area contributed by atoms with Gasteiger partial charge in [-0.1, -0.05) is 19.1 Å². The molecule has 0 bridgehead atoms. The van der Waals surface area contributed by atoms with Crippen molar-refractivity contribution in [3.05, 3.63) is 53.8 Å². The van der Waals surface area contributed by atoms with Crippen LogP contribution in [0.2, 0.25) is 0 Å². The zero-order chi connectivity index (χ0) is 16.1. The van der Waals surface area contributed by atoms with Crippen LogP contribution in [0.15, 0.2) is 42.5 Å². The maximum atomic E-state index is 13.6. The van der Waals surface area contributed by atoms with E-state index in [4.69, 9.17) is 10.5 Å². The molecule has 0 heterocycles. The van der Waals surface area contributed by atoms with Gasteiger partial charge in [-0.3, -0.25) is 4.79 Å². The van der Waals surface area contributed by atoms with E-state index in [1.165, 1.54) is 23.8 Å². The molecule has 5 heteroatoms. The maximum absolute atomic E-state index is 13.6. The number of nitrogens with one attached hydrogen (secondary N) is 1. The summed E-state index contributed by atoms with van der Waals surface area (Å²) in [6.45, 7) is 3.67. The maximum Gasteiger partial charge on any atom is 0.265 e. The highest BCUT2D eigenvalue weighted by Crippen LogP contribution is 2.19. The van der Waals surface area contributed by atoms with E-state index in [1.54, 1.807) is 6.92 Å². The second-order valence-corrected chi connectivity index (χ2v) is 4.99. The molecule has 0 spiro atoms. The van der Waals surface area contributed by atoms with Gasteiger partial charge in [-0.2, -0.15) is 0 Å². The lowest BCUT2D eigenvalue weighted by Crippen LogP contribution is -2.30. The van der Waals surface area contributed by atoms with Gasteiger partial charge in [-0.05, 0) is 49.2 Å². The average Bonchev–Trinajstić information content (AvgIpc) is 2.51. The first-order valence-electron chi connectivity index (χ1n) is 7.11.